The van der Waals surface area contributed by atoms with Crippen molar-refractivity contribution in [1.29, 1.82) is 0 Å². The molecule has 1 amide bonds. The van der Waals surface area contributed by atoms with Crippen molar-refractivity contribution in [2.24, 2.45) is 4.99 Å². The van der Waals surface area contributed by atoms with E-state index < -0.39 is 0 Å². The maximum absolute atomic E-state index is 11.9. The van der Waals surface area contributed by atoms with Crippen LogP contribution >= 0.6 is 11.3 Å². The predicted molar refractivity (Wildman–Crippen MR) is 141 cm³/mol. The minimum absolute atomic E-state index is 0.106. The van der Waals surface area contributed by atoms with E-state index in [4.69, 9.17) is 19.2 Å². The fraction of sp³-hybridized carbons (Fsp3) is 0.407. The minimum atomic E-state index is 0.106. The Balaban J connectivity index is 1.40. The fourth-order valence-electron chi connectivity index (χ4n) is 4.37. The Morgan fingerprint density at radius 3 is 2.69 bits per heavy atom. The summed E-state index contributed by atoms with van der Waals surface area (Å²) < 4.78 is 18.8. The van der Waals surface area contributed by atoms with Crippen LogP contribution in [0.4, 0.5) is 11.4 Å². The highest BCUT2D eigenvalue weighted by molar-refractivity contribution is 7.07. The molecule has 5 rings (SSSR count). The minimum Gasteiger partial charge on any atom is -0.454 e. The molecule has 9 heteroatoms. The van der Waals surface area contributed by atoms with Crippen LogP contribution in [0.2, 0.25) is 0 Å². The first-order valence-corrected chi connectivity index (χ1v) is 13.4. The van der Waals surface area contributed by atoms with Gasteiger partial charge in [0.1, 0.15) is 0 Å². The van der Waals surface area contributed by atoms with E-state index in [0.717, 1.165) is 78.9 Å². The van der Waals surface area contributed by atoms with Crippen molar-refractivity contribution < 1.29 is 19.0 Å². The summed E-state index contributed by atoms with van der Waals surface area (Å²) >= 11 is 1.61. The van der Waals surface area contributed by atoms with Crippen LogP contribution in [0.5, 0.6) is 11.5 Å². The van der Waals surface area contributed by atoms with Crippen molar-refractivity contribution in [3.05, 3.63) is 52.6 Å². The van der Waals surface area contributed by atoms with Crippen LogP contribution in [-0.4, -0.2) is 50.1 Å². The Hall–Kier alpha value is -3.30. The molecule has 0 saturated carbocycles. The van der Waals surface area contributed by atoms with Gasteiger partial charge in [-0.1, -0.05) is 6.92 Å². The van der Waals surface area contributed by atoms with Gasteiger partial charge in [-0.2, -0.15) is 0 Å². The highest BCUT2D eigenvalue weighted by Gasteiger charge is 2.16. The Morgan fingerprint density at radius 2 is 1.89 bits per heavy atom. The van der Waals surface area contributed by atoms with Crippen LogP contribution in [0, 0.1) is 0 Å². The first-order chi connectivity index (χ1) is 17.7. The van der Waals surface area contributed by atoms with Crippen LogP contribution in [0.15, 0.2) is 52.8 Å². The molecule has 8 nitrogen and oxygen atoms in total. The van der Waals surface area contributed by atoms with E-state index in [9.17, 15) is 4.79 Å². The standard InChI is InChI=1S/C27H32N4O4S/c1-2-4-26(32)28-11-3-12-31-23(20-5-10-24-25(17-20)35-19-34-24)18-36-27(31)29-21-6-8-22(9-7-21)30-13-15-33-16-14-30/h5-10,17-18H,2-4,11-16,19H2,1H3,(H,28,32)/b29-27-. The molecule has 0 bridgehead atoms. The summed E-state index contributed by atoms with van der Waals surface area (Å²) in [6, 6.07) is 14.4. The van der Waals surface area contributed by atoms with Gasteiger partial charge in [-0.05, 0) is 55.3 Å². The van der Waals surface area contributed by atoms with Gasteiger partial charge >= 0.3 is 0 Å². The van der Waals surface area contributed by atoms with Gasteiger partial charge in [-0.15, -0.1) is 11.3 Å². The molecule has 36 heavy (non-hydrogen) atoms. The van der Waals surface area contributed by atoms with Crippen LogP contribution in [-0.2, 0) is 16.1 Å². The number of hydrogen-bond acceptors (Lipinski definition) is 7. The van der Waals surface area contributed by atoms with Gasteiger partial charge in [0.05, 0.1) is 24.6 Å². The van der Waals surface area contributed by atoms with E-state index in [-0.39, 0.29) is 12.7 Å². The summed E-state index contributed by atoms with van der Waals surface area (Å²) in [6.45, 7) is 7.00. The van der Waals surface area contributed by atoms with Crippen molar-refractivity contribution in [1.82, 2.24) is 9.88 Å². The molecule has 0 atom stereocenters. The summed E-state index contributed by atoms with van der Waals surface area (Å²) in [6.07, 6.45) is 2.23. The SMILES string of the molecule is CCCC(=O)NCCCn1c(-c2ccc3c(c2)OCO3)cs/c1=N\c1ccc(N2CCOCC2)cc1. The van der Waals surface area contributed by atoms with Gasteiger partial charge in [0.15, 0.2) is 16.3 Å². The van der Waals surface area contributed by atoms with E-state index in [2.05, 4.69) is 50.5 Å². The van der Waals surface area contributed by atoms with Gasteiger partial charge in [0.25, 0.3) is 0 Å². The van der Waals surface area contributed by atoms with E-state index >= 15 is 0 Å². The summed E-state index contributed by atoms with van der Waals surface area (Å²) in [4.78, 5) is 20.1. The number of ether oxygens (including phenoxy) is 3. The van der Waals surface area contributed by atoms with Gasteiger partial charge in [0, 0.05) is 49.2 Å². The number of morpholine rings is 1. The first kappa shape index (κ1) is 24.4. The fourth-order valence-corrected chi connectivity index (χ4v) is 5.33. The maximum atomic E-state index is 11.9. The smallest absolute Gasteiger partial charge is 0.231 e. The zero-order valence-electron chi connectivity index (χ0n) is 20.6. The molecule has 190 valence electrons. The van der Waals surface area contributed by atoms with Crippen LogP contribution in [0.25, 0.3) is 11.3 Å². The molecule has 0 spiro atoms. The lowest BCUT2D eigenvalue weighted by Gasteiger charge is -2.28. The lowest BCUT2D eigenvalue weighted by Crippen LogP contribution is -2.36. The van der Waals surface area contributed by atoms with Crippen molar-refractivity contribution in [2.45, 2.75) is 32.7 Å². The topological polar surface area (TPSA) is 77.3 Å². The molecule has 3 heterocycles. The van der Waals surface area contributed by atoms with Gasteiger partial charge in [0.2, 0.25) is 12.7 Å². The summed E-state index contributed by atoms with van der Waals surface area (Å²) in [7, 11) is 0. The zero-order chi connectivity index (χ0) is 24.7. The van der Waals surface area contributed by atoms with E-state index in [1.165, 1.54) is 5.69 Å². The molecule has 1 aromatic heterocycles. The van der Waals surface area contributed by atoms with Crippen LogP contribution in [0.3, 0.4) is 0 Å². The Kier molecular flexibility index (Phi) is 7.88. The lowest BCUT2D eigenvalue weighted by atomic mass is 10.1. The second-order valence-electron chi connectivity index (χ2n) is 8.80. The number of carbonyl (C=O) groups excluding carboxylic acids is 1. The normalized spacial score (nSPS) is 15.4. The third-order valence-corrected chi connectivity index (χ3v) is 7.14. The monoisotopic (exact) mass is 508 g/mol. The van der Waals surface area contributed by atoms with Crippen molar-refractivity contribution >= 4 is 28.6 Å². The lowest BCUT2D eigenvalue weighted by molar-refractivity contribution is -0.121. The van der Waals surface area contributed by atoms with Gasteiger partial charge < -0.3 is 29.0 Å². The van der Waals surface area contributed by atoms with Crippen LogP contribution < -0.4 is 24.5 Å². The highest BCUT2D eigenvalue weighted by atomic mass is 32.1. The molecule has 0 aliphatic carbocycles. The zero-order valence-corrected chi connectivity index (χ0v) is 21.4. The molecule has 2 aliphatic heterocycles. The molecular weight excluding hydrogens is 476 g/mol. The molecular formula is C27H32N4O4S. The maximum Gasteiger partial charge on any atom is 0.231 e. The molecule has 2 aromatic carbocycles. The number of benzene rings is 2. The second kappa shape index (κ2) is 11.6. The van der Waals surface area contributed by atoms with E-state index in [1.807, 2.05) is 19.1 Å². The van der Waals surface area contributed by atoms with E-state index in [0.29, 0.717) is 13.0 Å². The Morgan fingerprint density at radius 1 is 1.08 bits per heavy atom. The Bertz CT molecular complexity index is 1250. The number of fused-ring (bicyclic) bond motifs is 1. The number of hydrogen-bond donors (Lipinski definition) is 1. The number of nitrogens with one attached hydrogen (secondary N) is 1. The molecule has 1 fully saturated rings. The molecule has 0 unspecified atom stereocenters. The number of thiazole rings is 1. The van der Waals surface area contributed by atoms with Crippen molar-refractivity contribution in [3.63, 3.8) is 0 Å². The summed E-state index contributed by atoms with van der Waals surface area (Å²) in [5, 5.41) is 5.15. The average Bonchev–Trinajstić information content (AvgIpc) is 3.54. The third kappa shape index (κ3) is 5.74. The van der Waals surface area contributed by atoms with Gasteiger partial charge in [-0.3, -0.25) is 4.79 Å². The summed E-state index contributed by atoms with van der Waals surface area (Å²) in [5.74, 6) is 1.63. The number of aromatic nitrogens is 1. The quantitative estimate of drug-likeness (QED) is 0.436. The number of nitrogens with zero attached hydrogens (tertiary/aromatic N) is 3. The molecule has 1 N–H and O–H groups in total. The third-order valence-electron chi connectivity index (χ3n) is 6.27. The van der Waals surface area contributed by atoms with Crippen molar-refractivity contribution in [2.75, 3.05) is 44.5 Å². The van der Waals surface area contributed by atoms with Crippen molar-refractivity contribution in [3.8, 4) is 22.8 Å². The van der Waals surface area contributed by atoms with E-state index in [1.54, 1.807) is 11.3 Å². The molecule has 3 aromatic rings. The average molecular weight is 509 g/mol. The Labute approximate surface area is 215 Å². The number of anilines is 1. The summed E-state index contributed by atoms with van der Waals surface area (Å²) in [5.41, 5.74) is 4.23. The number of rotatable bonds is 9. The molecule has 0 radical (unpaired) electrons. The first-order valence-electron chi connectivity index (χ1n) is 12.5. The second-order valence-corrected chi connectivity index (χ2v) is 9.64. The largest absolute Gasteiger partial charge is 0.454 e. The number of amides is 1. The highest BCUT2D eigenvalue weighted by Crippen LogP contribution is 2.36. The predicted octanol–water partition coefficient (Wildman–Crippen LogP) is 4.32. The number of carbonyl (C=O) groups is 1. The van der Waals surface area contributed by atoms with Gasteiger partial charge in [-0.25, -0.2) is 4.99 Å². The molecule has 2 aliphatic rings. The van der Waals surface area contributed by atoms with Crippen LogP contribution in [0.1, 0.15) is 26.2 Å². The molecule has 1 saturated heterocycles.